The van der Waals surface area contributed by atoms with Gasteiger partial charge >= 0.3 is 0 Å². The number of furan rings is 1. The molecule has 9 rings (SSSR count). The minimum Gasteiger partial charge on any atom is -0.455 e. The highest BCUT2D eigenvalue weighted by molar-refractivity contribution is 6.23. The third-order valence-electron chi connectivity index (χ3n) is 8.49. The molecule has 3 heterocycles. The van der Waals surface area contributed by atoms with Crippen LogP contribution in [0, 0.1) is 0 Å². The fourth-order valence-corrected chi connectivity index (χ4v) is 6.30. The van der Waals surface area contributed by atoms with Crippen molar-refractivity contribution >= 4 is 43.6 Å². The van der Waals surface area contributed by atoms with Gasteiger partial charge in [-0.1, -0.05) is 127 Å². The molecule has 0 aliphatic rings. The van der Waals surface area contributed by atoms with Crippen molar-refractivity contribution in [3.8, 4) is 45.2 Å². The van der Waals surface area contributed by atoms with Gasteiger partial charge in [-0.2, -0.15) is 0 Å². The molecule has 9 aromatic rings. The molecule has 6 aromatic carbocycles. The number of nitrogens with zero attached hydrogens (tertiary/aromatic N) is 3. The molecule has 0 N–H and O–H groups in total. The Morgan fingerprint density at radius 2 is 0.978 bits per heavy atom. The number of aromatic nitrogens is 3. The maximum absolute atomic E-state index is 6.52. The summed E-state index contributed by atoms with van der Waals surface area (Å²) in [5.74, 6) is 0.678. The SMILES string of the molecule is c1ccc(-c2cc(-c3ccccc3)nc(-c3ccc(-c4nc5ccccc5c5ccc6c7ccccc7oc6c45)cc3)n2)cc1. The van der Waals surface area contributed by atoms with E-state index in [1.54, 1.807) is 0 Å². The quantitative estimate of drug-likeness (QED) is 0.196. The number of rotatable bonds is 4. The zero-order chi connectivity index (χ0) is 29.7. The standard InChI is InChI=1S/C41H25N3O/c1-3-11-26(12-4-1)35-25-36(27-13-5-2-6-14-27)44-41(43-35)29-21-19-28(20-22-29)39-38-32(30-15-7-9-17-34(30)42-39)23-24-33-31-16-8-10-18-37(31)45-40(33)38/h1-25H. The van der Waals surface area contributed by atoms with Gasteiger partial charge in [0.25, 0.3) is 0 Å². The molecule has 3 aromatic heterocycles. The zero-order valence-corrected chi connectivity index (χ0v) is 24.2. The fraction of sp³-hybridized carbons (Fsp3) is 0. The lowest BCUT2D eigenvalue weighted by Crippen LogP contribution is -1.96. The number of hydrogen-bond acceptors (Lipinski definition) is 4. The lowest BCUT2D eigenvalue weighted by Gasteiger charge is -2.12. The van der Waals surface area contributed by atoms with Crippen molar-refractivity contribution < 1.29 is 4.42 Å². The average Bonchev–Trinajstić information content (AvgIpc) is 3.51. The van der Waals surface area contributed by atoms with E-state index in [4.69, 9.17) is 19.4 Å². The normalized spacial score (nSPS) is 11.6. The lowest BCUT2D eigenvalue weighted by atomic mass is 9.97. The molecule has 0 aliphatic carbocycles. The second kappa shape index (κ2) is 10.2. The van der Waals surface area contributed by atoms with Crippen LogP contribution >= 0.6 is 0 Å². The van der Waals surface area contributed by atoms with Crippen molar-refractivity contribution in [1.82, 2.24) is 15.0 Å². The van der Waals surface area contributed by atoms with Gasteiger partial charge in [-0.15, -0.1) is 0 Å². The molecule has 0 saturated heterocycles. The third kappa shape index (κ3) is 4.27. The van der Waals surface area contributed by atoms with E-state index in [0.29, 0.717) is 5.82 Å². The van der Waals surface area contributed by atoms with Crippen LogP contribution in [0.4, 0.5) is 0 Å². The molecule has 4 heteroatoms. The smallest absolute Gasteiger partial charge is 0.160 e. The first-order valence-corrected chi connectivity index (χ1v) is 15.0. The van der Waals surface area contributed by atoms with E-state index in [2.05, 4.69) is 97.1 Å². The molecule has 0 fully saturated rings. The number of pyridine rings is 1. The largest absolute Gasteiger partial charge is 0.455 e. The first-order valence-electron chi connectivity index (χ1n) is 15.0. The first kappa shape index (κ1) is 25.4. The first-order chi connectivity index (χ1) is 22.3. The molecule has 0 unspecified atom stereocenters. The minimum absolute atomic E-state index is 0.678. The van der Waals surface area contributed by atoms with Gasteiger partial charge in [0.1, 0.15) is 11.2 Å². The maximum atomic E-state index is 6.52. The Kier molecular flexibility index (Phi) is 5.78. The molecule has 0 atom stereocenters. The molecular weight excluding hydrogens is 550 g/mol. The molecule has 0 amide bonds. The van der Waals surface area contributed by atoms with Crippen molar-refractivity contribution in [2.24, 2.45) is 0 Å². The van der Waals surface area contributed by atoms with E-state index in [1.807, 2.05) is 54.6 Å². The highest BCUT2D eigenvalue weighted by Crippen LogP contribution is 2.41. The molecule has 0 saturated carbocycles. The van der Waals surface area contributed by atoms with Crippen LogP contribution in [0.15, 0.2) is 156 Å². The molecule has 4 nitrogen and oxygen atoms in total. The topological polar surface area (TPSA) is 51.8 Å². The monoisotopic (exact) mass is 575 g/mol. The van der Waals surface area contributed by atoms with Crippen LogP contribution in [0.1, 0.15) is 0 Å². The molecule has 0 aliphatic heterocycles. The van der Waals surface area contributed by atoms with Gasteiger partial charge in [-0.25, -0.2) is 15.0 Å². The second-order valence-corrected chi connectivity index (χ2v) is 11.2. The van der Waals surface area contributed by atoms with Gasteiger partial charge < -0.3 is 4.42 Å². The zero-order valence-electron chi connectivity index (χ0n) is 24.2. The summed E-state index contributed by atoms with van der Waals surface area (Å²) in [7, 11) is 0. The summed E-state index contributed by atoms with van der Waals surface area (Å²) in [6, 6.07) is 51.9. The third-order valence-corrected chi connectivity index (χ3v) is 8.49. The molecular formula is C41H25N3O. The van der Waals surface area contributed by atoms with E-state index in [-0.39, 0.29) is 0 Å². The van der Waals surface area contributed by atoms with Gasteiger partial charge in [0, 0.05) is 38.4 Å². The Bertz CT molecular complexity index is 2460. The number of para-hydroxylation sites is 2. The Morgan fingerprint density at radius 1 is 0.400 bits per heavy atom. The molecule has 45 heavy (non-hydrogen) atoms. The summed E-state index contributed by atoms with van der Waals surface area (Å²) in [6.45, 7) is 0. The summed E-state index contributed by atoms with van der Waals surface area (Å²) in [4.78, 5) is 15.2. The van der Waals surface area contributed by atoms with Crippen molar-refractivity contribution in [2.45, 2.75) is 0 Å². The van der Waals surface area contributed by atoms with E-state index < -0.39 is 0 Å². The minimum atomic E-state index is 0.678. The van der Waals surface area contributed by atoms with Crippen LogP contribution in [0.3, 0.4) is 0 Å². The predicted molar refractivity (Wildman–Crippen MR) is 184 cm³/mol. The highest BCUT2D eigenvalue weighted by atomic mass is 16.3. The fourth-order valence-electron chi connectivity index (χ4n) is 6.30. The Morgan fingerprint density at radius 3 is 1.69 bits per heavy atom. The Labute approximate surface area is 259 Å². The summed E-state index contributed by atoms with van der Waals surface area (Å²) in [6.07, 6.45) is 0. The highest BCUT2D eigenvalue weighted by Gasteiger charge is 2.18. The van der Waals surface area contributed by atoms with Crippen LogP contribution in [-0.2, 0) is 0 Å². The van der Waals surface area contributed by atoms with Crippen molar-refractivity contribution in [1.29, 1.82) is 0 Å². The predicted octanol–water partition coefficient (Wildman–Crippen LogP) is 10.7. The van der Waals surface area contributed by atoms with E-state index in [9.17, 15) is 0 Å². The van der Waals surface area contributed by atoms with E-state index in [1.165, 1.54) is 0 Å². The van der Waals surface area contributed by atoms with Gasteiger partial charge in [0.2, 0.25) is 0 Å². The van der Waals surface area contributed by atoms with Crippen LogP contribution < -0.4 is 0 Å². The van der Waals surface area contributed by atoms with Crippen LogP contribution in [0.25, 0.3) is 88.8 Å². The second-order valence-electron chi connectivity index (χ2n) is 11.2. The summed E-state index contributed by atoms with van der Waals surface area (Å²) >= 11 is 0. The summed E-state index contributed by atoms with van der Waals surface area (Å²) < 4.78 is 6.52. The number of fused-ring (bicyclic) bond motifs is 7. The Hall–Kier alpha value is -6.13. The van der Waals surface area contributed by atoms with Crippen molar-refractivity contribution in [2.75, 3.05) is 0 Å². The van der Waals surface area contributed by atoms with Crippen LogP contribution in [0.5, 0.6) is 0 Å². The lowest BCUT2D eigenvalue weighted by molar-refractivity contribution is 0.672. The summed E-state index contributed by atoms with van der Waals surface area (Å²) in [5, 5.41) is 5.44. The van der Waals surface area contributed by atoms with Gasteiger partial charge in [0.05, 0.1) is 28.0 Å². The molecule has 0 radical (unpaired) electrons. The Balaban J connectivity index is 1.23. The number of benzene rings is 6. The van der Waals surface area contributed by atoms with Gasteiger partial charge in [-0.3, -0.25) is 0 Å². The van der Waals surface area contributed by atoms with E-state index in [0.717, 1.165) is 82.9 Å². The summed E-state index contributed by atoms with van der Waals surface area (Å²) in [5.41, 5.74) is 9.40. The molecule has 210 valence electrons. The molecule has 0 spiro atoms. The van der Waals surface area contributed by atoms with Gasteiger partial charge in [-0.05, 0) is 29.7 Å². The molecule has 0 bridgehead atoms. The van der Waals surface area contributed by atoms with E-state index >= 15 is 0 Å². The maximum Gasteiger partial charge on any atom is 0.160 e. The van der Waals surface area contributed by atoms with Crippen molar-refractivity contribution in [3.63, 3.8) is 0 Å². The number of hydrogen-bond donors (Lipinski definition) is 0. The van der Waals surface area contributed by atoms with Crippen LogP contribution in [0.2, 0.25) is 0 Å². The average molecular weight is 576 g/mol. The van der Waals surface area contributed by atoms with Crippen LogP contribution in [-0.4, -0.2) is 15.0 Å². The van der Waals surface area contributed by atoms with Crippen molar-refractivity contribution in [3.05, 3.63) is 152 Å². The van der Waals surface area contributed by atoms with Gasteiger partial charge in [0.15, 0.2) is 5.82 Å².